The maximum atomic E-state index is 13.9. The van der Waals surface area contributed by atoms with Crippen LogP contribution in [0.3, 0.4) is 0 Å². The van der Waals surface area contributed by atoms with Crippen molar-refractivity contribution < 1.29 is 4.39 Å². The Balaban J connectivity index is 1.71. The number of nitrogens with one attached hydrogen (secondary N) is 1. The fraction of sp³-hybridized carbons (Fsp3) is 0.647. The highest BCUT2D eigenvalue weighted by molar-refractivity contribution is 6.30. The molecular formula is C17H23ClFN. The van der Waals surface area contributed by atoms with Crippen molar-refractivity contribution in [1.82, 2.24) is 5.32 Å². The van der Waals surface area contributed by atoms with E-state index in [0.717, 1.165) is 42.7 Å². The minimum absolute atomic E-state index is 0.122. The second-order valence-electron chi connectivity index (χ2n) is 6.34. The number of hydrogen-bond acceptors (Lipinski definition) is 1. The first-order valence-electron chi connectivity index (χ1n) is 7.88. The molecule has 3 atom stereocenters. The third-order valence-corrected chi connectivity index (χ3v) is 5.28. The van der Waals surface area contributed by atoms with Crippen LogP contribution >= 0.6 is 11.6 Å². The minimum Gasteiger partial charge on any atom is -0.313 e. The summed E-state index contributed by atoms with van der Waals surface area (Å²) in [6, 6.07) is 5.32. The predicted molar refractivity (Wildman–Crippen MR) is 81.5 cm³/mol. The molecule has 2 fully saturated rings. The van der Waals surface area contributed by atoms with Crippen LogP contribution in [-0.2, 0) is 6.42 Å². The highest BCUT2D eigenvalue weighted by atomic mass is 35.5. The van der Waals surface area contributed by atoms with E-state index in [1.807, 2.05) is 0 Å². The fourth-order valence-corrected chi connectivity index (χ4v) is 4.28. The average Bonchev–Trinajstić information content (AvgIpc) is 2.91. The lowest BCUT2D eigenvalue weighted by Crippen LogP contribution is -2.35. The van der Waals surface area contributed by atoms with Crippen LogP contribution in [0.25, 0.3) is 0 Å². The van der Waals surface area contributed by atoms with Gasteiger partial charge in [-0.3, -0.25) is 0 Å². The van der Waals surface area contributed by atoms with E-state index in [1.54, 1.807) is 12.1 Å². The van der Waals surface area contributed by atoms with Crippen molar-refractivity contribution in [2.24, 2.45) is 17.8 Å². The summed E-state index contributed by atoms with van der Waals surface area (Å²) in [5.41, 5.74) is 0.760. The Labute approximate surface area is 125 Å². The molecule has 0 aliphatic heterocycles. The van der Waals surface area contributed by atoms with Gasteiger partial charge in [0.05, 0.1) is 0 Å². The van der Waals surface area contributed by atoms with Gasteiger partial charge in [-0.1, -0.05) is 24.9 Å². The minimum atomic E-state index is -0.122. The molecule has 2 aliphatic carbocycles. The van der Waals surface area contributed by atoms with Crippen molar-refractivity contribution in [3.05, 3.63) is 34.6 Å². The van der Waals surface area contributed by atoms with Crippen molar-refractivity contribution >= 4 is 11.6 Å². The molecule has 110 valence electrons. The second kappa shape index (κ2) is 6.03. The highest BCUT2D eigenvalue weighted by Crippen LogP contribution is 2.59. The highest BCUT2D eigenvalue weighted by Gasteiger charge is 2.55. The summed E-state index contributed by atoms with van der Waals surface area (Å²) >= 11 is 6.01. The van der Waals surface area contributed by atoms with Gasteiger partial charge in [-0.25, -0.2) is 4.39 Å². The van der Waals surface area contributed by atoms with Crippen molar-refractivity contribution in [2.75, 3.05) is 6.54 Å². The van der Waals surface area contributed by atoms with E-state index in [4.69, 9.17) is 11.6 Å². The molecule has 0 amide bonds. The lowest BCUT2D eigenvalue weighted by Gasteiger charge is -2.21. The van der Waals surface area contributed by atoms with E-state index in [9.17, 15) is 4.39 Å². The second-order valence-corrected chi connectivity index (χ2v) is 6.77. The standard InChI is InChI=1S/C17H23ClFN/c1-2-8-20-16(17-13-4-3-5-14(13)17)10-11-9-12(18)6-7-15(11)19/h6-7,9,13-14,16-17,20H,2-5,8,10H2,1H3. The molecule has 3 unspecified atom stereocenters. The van der Waals surface area contributed by atoms with Crippen molar-refractivity contribution in [3.63, 3.8) is 0 Å². The molecule has 1 N–H and O–H groups in total. The molecule has 0 aromatic heterocycles. The van der Waals surface area contributed by atoms with Gasteiger partial charge in [-0.05, 0) is 73.7 Å². The van der Waals surface area contributed by atoms with E-state index < -0.39 is 0 Å². The normalized spacial score (nSPS) is 29.2. The Morgan fingerprint density at radius 1 is 1.35 bits per heavy atom. The quantitative estimate of drug-likeness (QED) is 0.818. The largest absolute Gasteiger partial charge is 0.313 e. The molecule has 2 aliphatic rings. The molecule has 0 spiro atoms. The van der Waals surface area contributed by atoms with Crippen LogP contribution in [0.4, 0.5) is 4.39 Å². The zero-order chi connectivity index (χ0) is 14.1. The number of benzene rings is 1. The monoisotopic (exact) mass is 295 g/mol. The molecule has 3 rings (SSSR count). The predicted octanol–water partition coefficient (Wildman–Crippen LogP) is 4.44. The maximum Gasteiger partial charge on any atom is 0.126 e. The van der Waals surface area contributed by atoms with Gasteiger partial charge in [0.2, 0.25) is 0 Å². The number of halogens is 2. The third-order valence-electron chi connectivity index (χ3n) is 5.04. The summed E-state index contributed by atoms with van der Waals surface area (Å²) in [5.74, 6) is 2.43. The van der Waals surface area contributed by atoms with Gasteiger partial charge in [-0.2, -0.15) is 0 Å². The van der Waals surface area contributed by atoms with Crippen molar-refractivity contribution in [3.8, 4) is 0 Å². The average molecular weight is 296 g/mol. The van der Waals surface area contributed by atoms with Crippen LogP contribution in [0.2, 0.25) is 5.02 Å². The zero-order valence-electron chi connectivity index (χ0n) is 12.0. The molecule has 1 aromatic carbocycles. The Morgan fingerprint density at radius 2 is 2.10 bits per heavy atom. The zero-order valence-corrected chi connectivity index (χ0v) is 12.8. The van der Waals surface area contributed by atoms with E-state index in [-0.39, 0.29) is 5.82 Å². The van der Waals surface area contributed by atoms with E-state index in [0.29, 0.717) is 11.1 Å². The molecule has 2 saturated carbocycles. The van der Waals surface area contributed by atoms with Crippen LogP contribution in [-0.4, -0.2) is 12.6 Å². The van der Waals surface area contributed by atoms with Crippen LogP contribution in [0.15, 0.2) is 18.2 Å². The van der Waals surface area contributed by atoms with Crippen LogP contribution in [0.5, 0.6) is 0 Å². The van der Waals surface area contributed by atoms with Gasteiger partial charge in [0, 0.05) is 11.1 Å². The molecule has 3 heteroatoms. The Bertz CT molecular complexity index is 466. The van der Waals surface area contributed by atoms with Crippen molar-refractivity contribution in [1.29, 1.82) is 0 Å². The molecule has 0 radical (unpaired) electrons. The number of rotatable bonds is 6. The SMILES string of the molecule is CCCNC(Cc1cc(Cl)ccc1F)C1C2CCCC21. The summed E-state index contributed by atoms with van der Waals surface area (Å²) < 4.78 is 13.9. The van der Waals surface area contributed by atoms with Gasteiger partial charge in [0.1, 0.15) is 5.82 Å². The molecule has 1 aromatic rings. The van der Waals surface area contributed by atoms with Gasteiger partial charge in [0.15, 0.2) is 0 Å². The summed E-state index contributed by atoms with van der Waals surface area (Å²) in [7, 11) is 0. The van der Waals surface area contributed by atoms with Crippen LogP contribution < -0.4 is 5.32 Å². The summed E-state index contributed by atoms with van der Waals surface area (Å²) in [6.45, 7) is 3.19. The molecular weight excluding hydrogens is 273 g/mol. The maximum absolute atomic E-state index is 13.9. The summed E-state index contributed by atoms with van der Waals surface area (Å²) in [5, 5.41) is 4.28. The molecule has 0 heterocycles. The lowest BCUT2D eigenvalue weighted by atomic mass is 9.96. The molecule has 0 bridgehead atoms. The summed E-state index contributed by atoms with van der Waals surface area (Å²) in [4.78, 5) is 0. The first-order chi connectivity index (χ1) is 9.70. The summed E-state index contributed by atoms with van der Waals surface area (Å²) in [6.07, 6.45) is 6.02. The Kier molecular flexibility index (Phi) is 4.32. The van der Waals surface area contributed by atoms with E-state index >= 15 is 0 Å². The van der Waals surface area contributed by atoms with Gasteiger partial charge >= 0.3 is 0 Å². The fourth-order valence-electron chi connectivity index (χ4n) is 4.08. The third kappa shape index (κ3) is 2.87. The van der Waals surface area contributed by atoms with Gasteiger partial charge in [-0.15, -0.1) is 0 Å². The van der Waals surface area contributed by atoms with E-state index in [1.165, 1.54) is 25.3 Å². The van der Waals surface area contributed by atoms with Crippen LogP contribution in [0.1, 0.15) is 38.2 Å². The van der Waals surface area contributed by atoms with Gasteiger partial charge in [0.25, 0.3) is 0 Å². The number of hydrogen-bond donors (Lipinski definition) is 1. The Hall–Kier alpha value is -0.600. The molecule has 1 nitrogen and oxygen atoms in total. The topological polar surface area (TPSA) is 12.0 Å². The van der Waals surface area contributed by atoms with Crippen molar-refractivity contribution in [2.45, 2.75) is 45.1 Å². The molecule has 20 heavy (non-hydrogen) atoms. The number of fused-ring (bicyclic) bond motifs is 1. The smallest absolute Gasteiger partial charge is 0.126 e. The Morgan fingerprint density at radius 3 is 2.80 bits per heavy atom. The first-order valence-corrected chi connectivity index (χ1v) is 8.25. The van der Waals surface area contributed by atoms with E-state index in [2.05, 4.69) is 12.2 Å². The lowest BCUT2D eigenvalue weighted by molar-refractivity contribution is 0.399. The first kappa shape index (κ1) is 14.3. The van der Waals surface area contributed by atoms with Crippen LogP contribution in [0, 0.1) is 23.6 Å². The van der Waals surface area contributed by atoms with Gasteiger partial charge < -0.3 is 5.32 Å². The molecule has 0 saturated heterocycles.